The van der Waals surface area contributed by atoms with Gasteiger partial charge in [0.25, 0.3) is 33.3 Å². The van der Waals surface area contributed by atoms with Crippen molar-refractivity contribution in [1.29, 1.82) is 0 Å². The molecule has 8 aliphatic carbocycles. The third-order valence-electron chi connectivity index (χ3n) is 33.5. The van der Waals surface area contributed by atoms with Crippen molar-refractivity contribution < 1.29 is 32.8 Å². The zero-order valence-corrected chi connectivity index (χ0v) is 95.3. The van der Waals surface area contributed by atoms with E-state index in [-0.39, 0.29) is 79.3 Å². The number of Topliss-reactive ketones (excluding diaryl/α,β-unsaturated/α-hetero) is 2. The van der Waals surface area contributed by atoms with Crippen LogP contribution in [0, 0.1) is 45.3 Å². The zero-order chi connectivity index (χ0) is 103. The highest BCUT2D eigenvalue weighted by molar-refractivity contribution is 9.11. The van der Waals surface area contributed by atoms with Crippen LogP contribution in [0.25, 0.3) is 11.1 Å². The monoisotopic (exact) mass is 2180 g/mol. The molecule has 8 aliphatic rings. The van der Waals surface area contributed by atoms with Gasteiger partial charge in [0.15, 0.2) is 11.6 Å². The van der Waals surface area contributed by atoms with Gasteiger partial charge in [-0.3, -0.25) is 9.59 Å². The summed E-state index contributed by atoms with van der Waals surface area (Å²) in [6.07, 6.45) is 15.2. The first-order valence-electron chi connectivity index (χ1n) is 53.2. The lowest BCUT2D eigenvalue weighted by molar-refractivity contribution is 0.0278. The molecule has 12 atom stereocenters. The van der Waals surface area contributed by atoms with Gasteiger partial charge >= 0.3 is 0 Å². The Hall–Kier alpha value is -7.91. The predicted molar refractivity (Wildman–Crippen MR) is 610 cm³/mol. The van der Waals surface area contributed by atoms with Crippen molar-refractivity contribution in [2.24, 2.45) is 45.3 Å². The van der Waals surface area contributed by atoms with E-state index in [4.69, 9.17) is 23.2 Å². The van der Waals surface area contributed by atoms with Gasteiger partial charge in [-0.1, -0.05) is 454 Å². The SMILES string of the molecule is C[C@@H]1C[C@]2(CC[C@H]1O[Si](c1ccccc1)(c1ccccc1)C(C)(C)C)Cc1ccc(Br)cc1C2=O.C[C@H]1C[C@@]2(CC[C@@H]1O[Si](c1ccccc1)(c1ccccc1)C(C)(C)C)Cc1ccc(Br)cc1C2=O.[2H]C([2H])=C1c2cc(Br)ccc2C[C@@]12CC[C@H](O[Si](c1ccccc1)(c1ccccc1)C(C)(C)C)[C@@H](C)C2.[2H]C([2H])=C1c2cc(Br)ccc2C[C@]12CC[C@@H](O[Si](c1ccccc1)(c1ccccc1)C(C)(C)C)[C@H](C)C2. The minimum absolute atomic E-state index is 0.0320. The second kappa shape index (κ2) is 41.2. The molecule has 12 aromatic rings. The Labute approximate surface area is 880 Å². The Bertz CT molecular complexity index is 6070. The molecule has 0 aromatic heterocycles. The van der Waals surface area contributed by atoms with Crippen molar-refractivity contribution in [1.82, 2.24) is 0 Å². The summed E-state index contributed by atoms with van der Waals surface area (Å²) in [7, 11) is -10.5. The van der Waals surface area contributed by atoms with Crippen molar-refractivity contribution in [3.05, 3.63) is 391 Å². The van der Waals surface area contributed by atoms with Crippen molar-refractivity contribution in [3.63, 3.8) is 0 Å². The lowest BCUT2D eigenvalue weighted by atomic mass is 9.65. The molecule has 0 heterocycles. The average Bonchev–Trinajstić information content (AvgIpc) is 1.37. The Morgan fingerprint density at radius 2 is 0.450 bits per heavy atom. The molecule has 4 saturated carbocycles. The second-order valence-electron chi connectivity index (χ2n) is 46.6. The summed E-state index contributed by atoms with van der Waals surface area (Å²) in [5.41, 5.74) is 9.99. The molecule has 728 valence electrons. The van der Waals surface area contributed by atoms with Gasteiger partial charge in [0.2, 0.25) is 0 Å². The summed E-state index contributed by atoms with van der Waals surface area (Å²) in [5, 5.41) is 10.4. The maximum absolute atomic E-state index is 13.6. The third kappa shape index (κ3) is 19.7. The van der Waals surface area contributed by atoms with Gasteiger partial charge in [-0.2, -0.15) is 0 Å². The number of ketones is 2. The van der Waals surface area contributed by atoms with Gasteiger partial charge < -0.3 is 17.7 Å². The van der Waals surface area contributed by atoms with Crippen LogP contribution in [-0.4, -0.2) is 69.3 Å². The van der Waals surface area contributed by atoms with E-state index >= 15 is 0 Å². The average molecular weight is 2190 g/mol. The highest BCUT2D eigenvalue weighted by Crippen LogP contribution is 2.61. The molecular formula is C126H144Br4O6Si4. The zero-order valence-electron chi connectivity index (χ0n) is 88.9. The Balaban J connectivity index is 0.000000132. The smallest absolute Gasteiger partial charge is 0.261 e. The molecule has 20 rings (SSSR count). The molecule has 0 N–H and O–H groups in total. The van der Waals surface area contributed by atoms with E-state index in [0.29, 0.717) is 35.2 Å². The number of halogens is 4. The molecule has 0 unspecified atom stereocenters. The molecule has 14 heteroatoms. The van der Waals surface area contributed by atoms with Crippen LogP contribution in [0.2, 0.25) is 20.2 Å². The summed E-state index contributed by atoms with van der Waals surface area (Å²) in [6, 6.07) is 112. The van der Waals surface area contributed by atoms with Crippen molar-refractivity contribution >= 4 is 161 Å². The maximum Gasteiger partial charge on any atom is 0.261 e. The van der Waals surface area contributed by atoms with Crippen LogP contribution in [-0.2, 0) is 43.4 Å². The summed E-state index contributed by atoms with van der Waals surface area (Å²) < 4.78 is 67.7. The first-order valence-corrected chi connectivity index (χ1v) is 62.0. The van der Waals surface area contributed by atoms with E-state index in [2.05, 4.69) is 478 Å². The number of benzene rings is 12. The molecule has 140 heavy (non-hydrogen) atoms. The largest absolute Gasteiger partial charge is 0.404 e. The van der Waals surface area contributed by atoms with Crippen LogP contribution < -0.4 is 41.5 Å². The second-order valence-corrected chi connectivity index (χ2v) is 67.3. The fraction of sp³-hybridized carbons (Fsp3) is 0.381. The van der Waals surface area contributed by atoms with Crippen molar-refractivity contribution in [3.8, 4) is 0 Å². The topological polar surface area (TPSA) is 71.1 Å². The molecule has 6 nitrogen and oxygen atoms in total. The Morgan fingerprint density at radius 3 is 0.643 bits per heavy atom. The number of fused-ring (bicyclic) bond motifs is 4. The molecule has 0 amide bonds. The number of rotatable bonds is 16. The lowest BCUT2D eigenvalue weighted by Gasteiger charge is -2.49. The molecule has 0 bridgehead atoms. The molecule has 0 saturated heterocycles. The fourth-order valence-corrected chi connectivity index (χ4v) is 47.5. The maximum atomic E-state index is 13.6. The summed E-state index contributed by atoms with van der Waals surface area (Å²) in [6.45, 7) is 37.3. The van der Waals surface area contributed by atoms with E-state index in [9.17, 15) is 9.59 Å². The minimum Gasteiger partial charge on any atom is -0.404 e. The summed E-state index contributed by atoms with van der Waals surface area (Å²) >= 11 is 14.3. The Kier molecular flexibility index (Phi) is 28.9. The number of carbonyl (C=O) groups is 2. The molecular weight excluding hydrogens is 2040 g/mol. The third-order valence-corrected chi connectivity index (χ3v) is 55.7. The first kappa shape index (κ1) is 98.1. The summed E-state index contributed by atoms with van der Waals surface area (Å²) in [4.78, 5) is 27.2. The van der Waals surface area contributed by atoms with E-state index in [0.717, 1.165) is 154 Å². The number of hydrogen-bond donors (Lipinski definition) is 0. The molecule has 0 aliphatic heterocycles. The number of allylic oxidation sites excluding steroid dienone is 2. The Morgan fingerprint density at radius 1 is 0.271 bits per heavy atom. The molecule has 12 aromatic carbocycles. The van der Waals surface area contributed by atoms with Crippen molar-refractivity contribution in [2.75, 3.05) is 0 Å². The van der Waals surface area contributed by atoms with Gasteiger partial charge in [0.05, 0.1) is 5.48 Å². The number of carbonyl (C=O) groups excluding carboxylic acids is 2. The van der Waals surface area contributed by atoms with Crippen LogP contribution in [0.4, 0.5) is 0 Å². The minimum atomic E-state index is -2.63. The van der Waals surface area contributed by atoms with E-state index < -0.39 is 33.3 Å². The van der Waals surface area contributed by atoms with Crippen LogP contribution in [0.5, 0.6) is 0 Å². The highest BCUT2D eigenvalue weighted by Gasteiger charge is 2.61. The standard InChI is InChI=1S/2C32H37BrOSi.2C31H35BrO2Si/c2*1-23-21-32(22-25-16-17-26(33)20-29(25)24(32)2)19-18-30(23)34-35(31(3,4)5,27-12-8-6-9-13-27)28-14-10-7-11-15-28;2*1-22-20-31(21-23-15-16-24(32)19-27(23)29(31)33)18-17-28(22)34-35(30(2,3)4,25-11-7-5-8-12-25)26-13-9-6-10-14-26/h2*6-17,20,23,30H,2,18-19,21-22H2,1,3-5H3;2*5-16,19,22,28H,17-18,20-21H2,1-4H3/t2*23-,30-,32-;2*22-,28-,31-/m1010/s1/i2*2D2;;. The molecule has 0 radical (unpaired) electrons. The fourth-order valence-electron chi connectivity index (χ4n) is 26.7. The van der Waals surface area contributed by atoms with Gasteiger partial charge in [-0.15, -0.1) is 0 Å². The van der Waals surface area contributed by atoms with Gasteiger partial charge in [0, 0.05) is 64.3 Å². The molecule has 4 spiro atoms. The van der Waals surface area contributed by atoms with Crippen LogP contribution in [0.3, 0.4) is 0 Å². The predicted octanol–water partition coefficient (Wildman–Crippen LogP) is 29.4. The highest BCUT2D eigenvalue weighted by atomic mass is 79.9. The van der Waals surface area contributed by atoms with E-state index in [1.807, 2.05) is 12.1 Å². The number of hydrogen-bond acceptors (Lipinski definition) is 6. The van der Waals surface area contributed by atoms with Gasteiger partial charge in [0.1, 0.15) is 0 Å². The first-order chi connectivity index (χ1) is 68.5. The van der Waals surface area contributed by atoms with Crippen molar-refractivity contribution in [2.45, 2.75) is 258 Å². The van der Waals surface area contributed by atoms with Gasteiger partial charge in [-0.25, -0.2) is 0 Å². The molecule has 4 fully saturated rings. The van der Waals surface area contributed by atoms with Crippen LogP contribution in [0.1, 0.15) is 247 Å². The van der Waals surface area contributed by atoms with Crippen LogP contribution in [0.15, 0.2) is 346 Å². The van der Waals surface area contributed by atoms with Gasteiger partial charge in [-0.05, 0) is 292 Å². The normalized spacial score (nSPS) is 24.9. The van der Waals surface area contributed by atoms with E-state index in [1.54, 1.807) is 0 Å². The lowest BCUT2D eigenvalue weighted by Crippen LogP contribution is -2.68. The van der Waals surface area contributed by atoms with Crippen LogP contribution >= 0.6 is 63.7 Å². The quantitative estimate of drug-likeness (QED) is 0.0898. The summed E-state index contributed by atoms with van der Waals surface area (Å²) in [5.74, 6) is 1.94. The van der Waals surface area contributed by atoms with E-state index in [1.165, 1.54) is 63.7 Å².